The SMILES string of the molecule is CCOC(CC)c1noc(C2CCC(C(=O)O)O2)n1. The van der Waals surface area contributed by atoms with Crippen molar-refractivity contribution in [3.8, 4) is 0 Å². The lowest BCUT2D eigenvalue weighted by Crippen LogP contribution is -2.18. The maximum atomic E-state index is 10.8. The average Bonchev–Trinajstić information content (AvgIpc) is 3.03. The number of carboxylic acids is 1. The second-order valence-electron chi connectivity index (χ2n) is 4.37. The van der Waals surface area contributed by atoms with Crippen LogP contribution in [0, 0.1) is 0 Å². The van der Waals surface area contributed by atoms with E-state index in [4.69, 9.17) is 19.1 Å². The largest absolute Gasteiger partial charge is 0.479 e. The van der Waals surface area contributed by atoms with E-state index >= 15 is 0 Å². The van der Waals surface area contributed by atoms with Crippen molar-refractivity contribution >= 4 is 5.97 Å². The fraction of sp³-hybridized carbons (Fsp3) is 0.750. The van der Waals surface area contributed by atoms with E-state index in [0.29, 0.717) is 31.2 Å². The van der Waals surface area contributed by atoms with E-state index in [2.05, 4.69) is 10.1 Å². The molecule has 1 aliphatic heterocycles. The summed E-state index contributed by atoms with van der Waals surface area (Å²) in [4.78, 5) is 15.1. The molecule has 2 rings (SSSR count). The third-order valence-electron chi connectivity index (χ3n) is 3.05. The lowest BCUT2D eigenvalue weighted by molar-refractivity contribution is -0.150. The number of nitrogens with zero attached hydrogens (tertiary/aromatic N) is 2. The highest BCUT2D eigenvalue weighted by molar-refractivity contribution is 5.72. The molecule has 0 radical (unpaired) electrons. The van der Waals surface area contributed by atoms with Gasteiger partial charge in [-0.1, -0.05) is 12.1 Å². The molecule has 0 aliphatic carbocycles. The van der Waals surface area contributed by atoms with Gasteiger partial charge in [0.25, 0.3) is 5.89 Å². The third kappa shape index (κ3) is 3.10. The summed E-state index contributed by atoms with van der Waals surface area (Å²) in [5.74, 6) is -0.137. The standard InChI is InChI=1S/C12H18N2O5/c1-3-7(17-4-2)10-13-11(19-14-10)8-5-6-9(18-8)12(15)16/h7-9H,3-6H2,1-2H3,(H,15,16). The first-order valence-electron chi connectivity index (χ1n) is 6.49. The number of hydrogen-bond donors (Lipinski definition) is 1. The summed E-state index contributed by atoms with van der Waals surface area (Å²) in [6, 6.07) is 0. The van der Waals surface area contributed by atoms with Crippen molar-refractivity contribution < 1.29 is 23.9 Å². The Morgan fingerprint density at radius 2 is 2.32 bits per heavy atom. The first kappa shape index (κ1) is 14.0. The minimum Gasteiger partial charge on any atom is -0.479 e. The molecule has 3 unspecified atom stereocenters. The summed E-state index contributed by atoms with van der Waals surface area (Å²) in [5, 5.41) is 12.7. The summed E-state index contributed by atoms with van der Waals surface area (Å²) >= 11 is 0. The normalized spacial score (nSPS) is 24.5. The molecule has 1 N–H and O–H groups in total. The maximum Gasteiger partial charge on any atom is 0.332 e. The van der Waals surface area contributed by atoms with E-state index in [-0.39, 0.29) is 6.10 Å². The van der Waals surface area contributed by atoms with Crippen LogP contribution in [0.15, 0.2) is 4.52 Å². The van der Waals surface area contributed by atoms with Crippen LogP contribution in [0.25, 0.3) is 0 Å². The van der Waals surface area contributed by atoms with Gasteiger partial charge < -0.3 is 19.1 Å². The molecule has 1 aromatic heterocycles. The van der Waals surface area contributed by atoms with Crippen LogP contribution in [0.4, 0.5) is 0 Å². The van der Waals surface area contributed by atoms with E-state index in [1.54, 1.807) is 0 Å². The highest BCUT2D eigenvalue weighted by Gasteiger charge is 2.35. The van der Waals surface area contributed by atoms with Gasteiger partial charge in [0.05, 0.1) is 0 Å². The first-order valence-corrected chi connectivity index (χ1v) is 6.49. The minimum absolute atomic E-state index is 0.195. The van der Waals surface area contributed by atoms with E-state index in [1.807, 2.05) is 13.8 Å². The molecule has 0 saturated carbocycles. The van der Waals surface area contributed by atoms with Crippen LogP contribution in [-0.4, -0.2) is 33.9 Å². The van der Waals surface area contributed by atoms with Gasteiger partial charge in [-0.3, -0.25) is 0 Å². The Bertz CT molecular complexity index is 434. The highest BCUT2D eigenvalue weighted by Crippen LogP contribution is 2.32. The molecule has 7 heteroatoms. The molecule has 1 aromatic rings. The van der Waals surface area contributed by atoms with Crippen LogP contribution in [-0.2, 0) is 14.3 Å². The van der Waals surface area contributed by atoms with Crippen molar-refractivity contribution in [3.05, 3.63) is 11.7 Å². The van der Waals surface area contributed by atoms with Crippen LogP contribution < -0.4 is 0 Å². The zero-order valence-corrected chi connectivity index (χ0v) is 11.0. The summed E-state index contributed by atoms with van der Waals surface area (Å²) in [6.45, 7) is 4.45. The van der Waals surface area contributed by atoms with Crippen molar-refractivity contribution in [3.63, 3.8) is 0 Å². The molecule has 3 atom stereocenters. The van der Waals surface area contributed by atoms with Crippen LogP contribution in [0.2, 0.25) is 0 Å². The Morgan fingerprint density at radius 1 is 1.53 bits per heavy atom. The van der Waals surface area contributed by atoms with Crippen molar-refractivity contribution in [1.29, 1.82) is 0 Å². The number of aromatic nitrogens is 2. The lowest BCUT2D eigenvalue weighted by Gasteiger charge is -2.09. The molecular formula is C12H18N2O5. The van der Waals surface area contributed by atoms with Gasteiger partial charge in [0.1, 0.15) is 12.2 Å². The Morgan fingerprint density at radius 3 is 2.89 bits per heavy atom. The molecule has 0 amide bonds. The molecule has 7 nitrogen and oxygen atoms in total. The lowest BCUT2D eigenvalue weighted by atomic mass is 10.2. The number of ether oxygens (including phenoxy) is 2. The highest BCUT2D eigenvalue weighted by atomic mass is 16.6. The van der Waals surface area contributed by atoms with Gasteiger partial charge in [0.2, 0.25) is 5.82 Å². The van der Waals surface area contributed by atoms with Crippen molar-refractivity contribution in [2.75, 3.05) is 6.61 Å². The van der Waals surface area contributed by atoms with Gasteiger partial charge in [-0.2, -0.15) is 4.98 Å². The van der Waals surface area contributed by atoms with E-state index in [0.717, 1.165) is 6.42 Å². The van der Waals surface area contributed by atoms with Gasteiger partial charge in [0.15, 0.2) is 6.10 Å². The Hall–Kier alpha value is -1.47. The van der Waals surface area contributed by atoms with E-state index in [9.17, 15) is 4.79 Å². The van der Waals surface area contributed by atoms with Gasteiger partial charge in [-0.15, -0.1) is 0 Å². The predicted octanol–water partition coefficient (Wildman–Crippen LogP) is 1.86. The van der Waals surface area contributed by atoms with Crippen LogP contribution in [0.1, 0.15) is 57.0 Å². The number of hydrogen-bond acceptors (Lipinski definition) is 6. The van der Waals surface area contributed by atoms with Crippen molar-refractivity contribution in [2.45, 2.75) is 51.4 Å². The maximum absolute atomic E-state index is 10.8. The van der Waals surface area contributed by atoms with E-state index < -0.39 is 18.2 Å². The summed E-state index contributed by atoms with van der Waals surface area (Å²) in [7, 11) is 0. The molecule has 106 valence electrons. The fourth-order valence-corrected chi connectivity index (χ4v) is 2.09. The Balaban J connectivity index is 2.03. The van der Waals surface area contributed by atoms with Crippen LogP contribution in [0.5, 0.6) is 0 Å². The Labute approximate surface area is 110 Å². The van der Waals surface area contributed by atoms with E-state index in [1.165, 1.54) is 0 Å². The van der Waals surface area contributed by atoms with Crippen molar-refractivity contribution in [1.82, 2.24) is 10.1 Å². The second-order valence-corrected chi connectivity index (χ2v) is 4.37. The summed E-state index contributed by atoms with van der Waals surface area (Å²) < 4.78 is 16.0. The molecule has 0 aromatic carbocycles. The zero-order chi connectivity index (χ0) is 13.8. The van der Waals surface area contributed by atoms with Crippen LogP contribution in [0.3, 0.4) is 0 Å². The zero-order valence-electron chi connectivity index (χ0n) is 11.0. The smallest absolute Gasteiger partial charge is 0.332 e. The first-order chi connectivity index (χ1) is 9.15. The quantitative estimate of drug-likeness (QED) is 0.842. The van der Waals surface area contributed by atoms with Gasteiger partial charge >= 0.3 is 5.97 Å². The summed E-state index contributed by atoms with van der Waals surface area (Å²) in [5.41, 5.74) is 0. The monoisotopic (exact) mass is 270 g/mol. The fourth-order valence-electron chi connectivity index (χ4n) is 2.09. The minimum atomic E-state index is -0.956. The number of rotatable bonds is 6. The van der Waals surface area contributed by atoms with Gasteiger partial charge in [0, 0.05) is 6.61 Å². The van der Waals surface area contributed by atoms with Gasteiger partial charge in [-0.05, 0) is 26.2 Å². The molecule has 0 bridgehead atoms. The third-order valence-corrected chi connectivity index (χ3v) is 3.05. The molecule has 1 fully saturated rings. The Kier molecular flexibility index (Phi) is 4.49. The van der Waals surface area contributed by atoms with Crippen LogP contribution >= 0.6 is 0 Å². The molecule has 0 spiro atoms. The molecular weight excluding hydrogens is 252 g/mol. The number of carboxylic acid groups (broad SMARTS) is 1. The predicted molar refractivity (Wildman–Crippen MR) is 63.4 cm³/mol. The number of carbonyl (C=O) groups is 1. The topological polar surface area (TPSA) is 94.7 Å². The molecule has 2 heterocycles. The molecule has 1 saturated heterocycles. The summed E-state index contributed by atoms with van der Waals surface area (Å²) in [6.07, 6.45) is 0.371. The average molecular weight is 270 g/mol. The molecule has 19 heavy (non-hydrogen) atoms. The number of aliphatic carboxylic acids is 1. The van der Waals surface area contributed by atoms with Gasteiger partial charge in [-0.25, -0.2) is 4.79 Å². The molecule has 1 aliphatic rings. The second kappa shape index (κ2) is 6.12. The van der Waals surface area contributed by atoms with Crippen molar-refractivity contribution in [2.24, 2.45) is 0 Å².